The van der Waals surface area contributed by atoms with Gasteiger partial charge in [0, 0.05) is 6.04 Å². The summed E-state index contributed by atoms with van der Waals surface area (Å²) in [5.74, 6) is 1.47. The summed E-state index contributed by atoms with van der Waals surface area (Å²) in [7, 11) is 0. The Hall–Kier alpha value is -2.02. The maximum atomic E-state index is 12.0. The van der Waals surface area contributed by atoms with Crippen molar-refractivity contribution in [3.63, 3.8) is 0 Å². The van der Waals surface area contributed by atoms with Crippen LogP contribution in [-0.2, 0) is 4.79 Å². The molecule has 0 saturated heterocycles. The van der Waals surface area contributed by atoms with E-state index in [4.69, 9.17) is 0 Å². The Morgan fingerprint density at radius 2 is 2.14 bits per heavy atom. The van der Waals surface area contributed by atoms with Gasteiger partial charge in [-0.15, -0.1) is 5.10 Å². The molecule has 0 aliphatic carbocycles. The zero-order valence-corrected chi connectivity index (χ0v) is 13.6. The molecule has 1 aromatic carbocycles. The smallest absolute Gasteiger partial charge is 0.231 e. The summed E-state index contributed by atoms with van der Waals surface area (Å²) in [4.78, 5) is 16.5. The second kappa shape index (κ2) is 6.00. The number of benzene rings is 1. The molecule has 0 radical (unpaired) electrons. The summed E-state index contributed by atoms with van der Waals surface area (Å²) >= 11 is 1.41. The molecular weight excluding hydrogens is 298 g/mol. The first-order valence-corrected chi connectivity index (χ1v) is 8.28. The van der Waals surface area contributed by atoms with Crippen molar-refractivity contribution in [2.24, 2.45) is 5.92 Å². The molecule has 7 heteroatoms. The number of fused-ring (bicyclic) bond motifs is 3. The predicted octanol–water partition coefficient (Wildman–Crippen LogP) is 2.46. The van der Waals surface area contributed by atoms with Crippen LogP contribution >= 0.6 is 11.8 Å². The number of carbonyl (C=O) groups excluding carboxylic acids is 1. The number of nitrogens with one attached hydrogen (secondary N) is 2. The highest BCUT2D eigenvalue weighted by Crippen LogP contribution is 2.22. The van der Waals surface area contributed by atoms with Crippen LogP contribution in [0, 0.1) is 5.92 Å². The van der Waals surface area contributed by atoms with Crippen molar-refractivity contribution in [2.75, 3.05) is 5.75 Å². The van der Waals surface area contributed by atoms with E-state index in [9.17, 15) is 4.79 Å². The van der Waals surface area contributed by atoms with Crippen molar-refractivity contribution in [3.05, 3.63) is 24.3 Å². The lowest BCUT2D eigenvalue weighted by molar-refractivity contribution is -0.119. The second-order valence-electron chi connectivity index (χ2n) is 5.65. The largest absolute Gasteiger partial charge is 0.353 e. The lowest BCUT2D eigenvalue weighted by atomic mass is 10.1. The number of hydrogen-bond acceptors (Lipinski definition) is 4. The molecular formula is C15H19N5OS. The first-order valence-electron chi connectivity index (χ1n) is 7.30. The van der Waals surface area contributed by atoms with Gasteiger partial charge >= 0.3 is 0 Å². The number of hydrogen-bond donors (Lipinski definition) is 2. The molecule has 0 fully saturated rings. The number of aromatic nitrogens is 4. The number of nitrogens with zero attached hydrogens (tertiary/aromatic N) is 3. The van der Waals surface area contributed by atoms with Crippen LogP contribution in [0.15, 0.2) is 29.4 Å². The second-order valence-corrected chi connectivity index (χ2v) is 6.60. The lowest BCUT2D eigenvalue weighted by Gasteiger charge is -2.16. The Kier molecular flexibility index (Phi) is 4.06. The summed E-state index contributed by atoms with van der Waals surface area (Å²) in [5, 5.41) is 10.9. The molecule has 2 aromatic heterocycles. The molecule has 3 rings (SSSR count). The number of imidazole rings is 1. The molecule has 116 valence electrons. The Labute approximate surface area is 132 Å². The molecule has 0 spiro atoms. The van der Waals surface area contributed by atoms with Gasteiger partial charge in [0.25, 0.3) is 0 Å². The van der Waals surface area contributed by atoms with Crippen LogP contribution in [0.5, 0.6) is 0 Å². The molecule has 0 bridgehead atoms. The molecule has 3 aromatic rings. The van der Waals surface area contributed by atoms with Crippen molar-refractivity contribution < 1.29 is 4.79 Å². The maximum absolute atomic E-state index is 12.0. The van der Waals surface area contributed by atoms with Crippen LogP contribution < -0.4 is 5.32 Å². The van der Waals surface area contributed by atoms with Gasteiger partial charge in [-0.3, -0.25) is 9.20 Å². The van der Waals surface area contributed by atoms with Gasteiger partial charge in [0.15, 0.2) is 5.16 Å². The highest BCUT2D eigenvalue weighted by molar-refractivity contribution is 7.99. The van der Waals surface area contributed by atoms with Crippen molar-refractivity contribution in [3.8, 4) is 0 Å². The van der Waals surface area contributed by atoms with E-state index in [1.807, 2.05) is 35.6 Å². The summed E-state index contributed by atoms with van der Waals surface area (Å²) in [6.07, 6.45) is 0. The molecule has 6 nitrogen and oxygen atoms in total. The number of aromatic amines is 1. The van der Waals surface area contributed by atoms with Gasteiger partial charge in [-0.05, 0) is 25.0 Å². The van der Waals surface area contributed by atoms with Crippen molar-refractivity contribution in [1.29, 1.82) is 0 Å². The number of thioether (sulfide) groups is 1. The van der Waals surface area contributed by atoms with E-state index in [-0.39, 0.29) is 11.9 Å². The topological polar surface area (TPSA) is 75.1 Å². The zero-order valence-electron chi connectivity index (χ0n) is 12.8. The van der Waals surface area contributed by atoms with Crippen LogP contribution in [0.4, 0.5) is 0 Å². The number of carbonyl (C=O) groups is 1. The van der Waals surface area contributed by atoms with Gasteiger partial charge in [-0.1, -0.05) is 37.7 Å². The minimum Gasteiger partial charge on any atom is -0.353 e. The number of amides is 1. The van der Waals surface area contributed by atoms with Gasteiger partial charge < -0.3 is 5.32 Å². The Balaban J connectivity index is 1.76. The summed E-state index contributed by atoms with van der Waals surface area (Å²) < 4.78 is 1.94. The Morgan fingerprint density at radius 1 is 1.36 bits per heavy atom. The van der Waals surface area contributed by atoms with Crippen molar-refractivity contribution in [2.45, 2.75) is 32.0 Å². The highest BCUT2D eigenvalue weighted by Gasteiger charge is 2.15. The molecule has 22 heavy (non-hydrogen) atoms. The molecule has 0 aliphatic heterocycles. The molecule has 1 amide bonds. The first kappa shape index (κ1) is 14.9. The van der Waals surface area contributed by atoms with Gasteiger partial charge in [0.05, 0.1) is 16.8 Å². The van der Waals surface area contributed by atoms with E-state index in [0.717, 1.165) is 16.2 Å². The number of rotatable bonds is 5. The van der Waals surface area contributed by atoms with Crippen LogP contribution in [0.3, 0.4) is 0 Å². The molecule has 0 saturated carbocycles. The van der Waals surface area contributed by atoms with Gasteiger partial charge in [0.1, 0.15) is 0 Å². The fourth-order valence-electron chi connectivity index (χ4n) is 2.13. The highest BCUT2D eigenvalue weighted by atomic mass is 32.2. The zero-order chi connectivity index (χ0) is 15.7. The predicted molar refractivity (Wildman–Crippen MR) is 88.0 cm³/mol. The first-order chi connectivity index (χ1) is 10.6. The normalized spacial score (nSPS) is 13.1. The fourth-order valence-corrected chi connectivity index (χ4v) is 2.90. The van der Waals surface area contributed by atoms with Crippen LogP contribution in [0.25, 0.3) is 16.8 Å². The SMILES string of the molecule is CC(C)[C@H](C)NC(=O)CSc1n[nH]c2nc3ccccc3n12. The van der Waals surface area contributed by atoms with Crippen LogP contribution in [0.2, 0.25) is 0 Å². The molecule has 0 unspecified atom stereocenters. The molecule has 1 atom stereocenters. The number of para-hydroxylation sites is 2. The molecule has 0 aliphatic rings. The van der Waals surface area contributed by atoms with Gasteiger partial charge in [0.2, 0.25) is 11.7 Å². The molecule has 2 heterocycles. The quantitative estimate of drug-likeness (QED) is 0.709. The third kappa shape index (κ3) is 2.81. The third-order valence-corrected chi connectivity index (χ3v) is 4.66. The Bertz CT molecular complexity index is 807. The maximum Gasteiger partial charge on any atom is 0.231 e. The standard InChI is InChI=1S/C15H19N5OS/c1-9(2)10(3)16-13(21)8-22-15-19-18-14-17-11-6-4-5-7-12(11)20(14)15/h4-7,9-10H,8H2,1-3H3,(H,16,21)(H,17,18)/t10-/m0/s1. The Morgan fingerprint density at radius 3 is 2.91 bits per heavy atom. The fraction of sp³-hybridized carbons (Fsp3) is 0.400. The number of H-pyrrole nitrogens is 1. The van der Waals surface area contributed by atoms with E-state index < -0.39 is 0 Å². The van der Waals surface area contributed by atoms with Crippen molar-refractivity contribution >= 4 is 34.5 Å². The van der Waals surface area contributed by atoms with E-state index >= 15 is 0 Å². The molecule has 2 N–H and O–H groups in total. The van der Waals surface area contributed by atoms with E-state index in [1.54, 1.807) is 0 Å². The van der Waals surface area contributed by atoms with Gasteiger partial charge in [-0.2, -0.15) is 0 Å². The van der Waals surface area contributed by atoms with E-state index in [0.29, 0.717) is 17.4 Å². The monoisotopic (exact) mass is 317 g/mol. The summed E-state index contributed by atoms with van der Waals surface area (Å²) in [5.41, 5.74) is 1.90. The minimum absolute atomic E-state index is 0.0202. The van der Waals surface area contributed by atoms with E-state index in [2.05, 4.69) is 34.3 Å². The third-order valence-electron chi connectivity index (χ3n) is 3.72. The average Bonchev–Trinajstić information content (AvgIpc) is 3.04. The lowest BCUT2D eigenvalue weighted by Crippen LogP contribution is -2.37. The van der Waals surface area contributed by atoms with E-state index in [1.165, 1.54) is 11.8 Å². The van der Waals surface area contributed by atoms with Crippen LogP contribution in [0.1, 0.15) is 20.8 Å². The summed E-state index contributed by atoms with van der Waals surface area (Å²) in [6.45, 7) is 6.20. The average molecular weight is 317 g/mol. The van der Waals surface area contributed by atoms with Crippen molar-refractivity contribution in [1.82, 2.24) is 24.9 Å². The minimum atomic E-state index is 0.0202. The van der Waals surface area contributed by atoms with Crippen LogP contribution in [-0.4, -0.2) is 37.3 Å². The van der Waals surface area contributed by atoms with Gasteiger partial charge in [-0.25, -0.2) is 10.1 Å². The summed E-state index contributed by atoms with van der Waals surface area (Å²) in [6, 6.07) is 8.05.